The van der Waals surface area contributed by atoms with Gasteiger partial charge < -0.3 is 14.8 Å². The quantitative estimate of drug-likeness (QED) is 0.889. The molecule has 1 aromatic rings. The molecule has 1 aliphatic rings. The van der Waals surface area contributed by atoms with Crippen LogP contribution < -0.4 is 10.1 Å². The average Bonchev–Trinajstić information content (AvgIpc) is 2.92. The Balaban J connectivity index is 2.08. The predicted octanol–water partition coefficient (Wildman–Crippen LogP) is 2.91. The van der Waals surface area contributed by atoms with Crippen LogP contribution in [0.1, 0.15) is 31.9 Å². The standard InChI is InChI=1S/C15H22FNO2/c1-10(12-7-8-19-9-12)17-11(2)15-13(16)5-4-6-14(15)18-3/h4-6,10-12,17H,7-9H2,1-3H3. The van der Waals surface area contributed by atoms with Crippen LogP contribution in [0.2, 0.25) is 0 Å². The molecule has 0 amide bonds. The lowest BCUT2D eigenvalue weighted by atomic mass is 9.98. The molecule has 2 rings (SSSR count). The molecule has 0 saturated carbocycles. The van der Waals surface area contributed by atoms with Gasteiger partial charge in [-0.15, -0.1) is 0 Å². The summed E-state index contributed by atoms with van der Waals surface area (Å²) in [5, 5.41) is 3.45. The second-order valence-corrected chi connectivity index (χ2v) is 5.16. The number of hydrogen-bond donors (Lipinski definition) is 1. The summed E-state index contributed by atoms with van der Waals surface area (Å²) in [4.78, 5) is 0. The molecule has 1 aromatic carbocycles. The molecule has 0 aromatic heterocycles. The van der Waals surface area contributed by atoms with Crippen molar-refractivity contribution in [1.29, 1.82) is 0 Å². The largest absolute Gasteiger partial charge is 0.496 e. The summed E-state index contributed by atoms with van der Waals surface area (Å²) >= 11 is 0. The summed E-state index contributed by atoms with van der Waals surface area (Å²) in [6.07, 6.45) is 1.06. The van der Waals surface area contributed by atoms with E-state index in [4.69, 9.17) is 9.47 Å². The zero-order valence-corrected chi connectivity index (χ0v) is 11.8. The normalized spacial score (nSPS) is 22.2. The zero-order valence-electron chi connectivity index (χ0n) is 11.8. The van der Waals surface area contributed by atoms with Gasteiger partial charge in [0.05, 0.1) is 13.7 Å². The highest BCUT2D eigenvalue weighted by Gasteiger charge is 2.25. The third-order valence-electron chi connectivity index (χ3n) is 3.85. The Labute approximate surface area is 114 Å². The van der Waals surface area contributed by atoms with E-state index >= 15 is 0 Å². The van der Waals surface area contributed by atoms with Crippen LogP contribution in [0, 0.1) is 11.7 Å². The highest BCUT2D eigenvalue weighted by molar-refractivity contribution is 5.36. The Bertz CT molecular complexity index is 419. The van der Waals surface area contributed by atoms with E-state index in [2.05, 4.69) is 12.2 Å². The van der Waals surface area contributed by atoms with Crippen LogP contribution >= 0.6 is 0 Å². The molecule has 0 bridgehead atoms. The Kier molecular flexibility index (Phi) is 4.77. The second-order valence-electron chi connectivity index (χ2n) is 5.16. The first-order valence-corrected chi connectivity index (χ1v) is 6.79. The van der Waals surface area contributed by atoms with Gasteiger partial charge in [-0.05, 0) is 38.3 Å². The van der Waals surface area contributed by atoms with Crippen molar-refractivity contribution in [2.45, 2.75) is 32.4 Å². The Morgan fingerprint density at radius 1 is 1.42 bits per heavy atom. The lowest BCUT2D eigenvalue weighted by molar-refractivity contribution is 0.176. The lowest BCUT2D eigenvalue weighted by Gasteiger charge is -2.25. The summed E-state index contributed by atoms with van der Waals surface area (Å²) in [5.41, 5.74) is 0.593. The maximum atomic E-state index is 14.0. The van der Waals surface area contributed by atoms with Crippen LogP contribution in [0.25, 0.3) is 0 Å². The van der Waals surface area contributed by atoms with Crippen molar-refractivity contribution < 1.29 is 13.9 Å². The fourth-order valence-corrected chi connectivity index (χ4v) is 2.68. The molecule has 19 heavy (non-hydrogen) atoms. The molecular weight excluding hydrogens is 245 g/mol. The monoisotopic (exact) mass is 267 g/mol. The molecular formula is C15H22FNO2. The van der Waals surface area contributed by atoms with Gasteiger partial charge in [0.25, 0.3) is 0 Å². The van der Waals surface area contributed by atoms with Crippen molar-refractivity contribution in [2.24, 2.45) is 5.92 Å². The van der Waals surface area contributed by atoms with Crippen molar-refractivity contribution >= 4 is 0 Å². The van der Waals surface area contributed by atoms with Gasteiger partial charge in [0.1, 0.15) is 11.6 Å². The minimum atomic E-state index is -0.228. The van der Waals surface area contributed by atoms with E-state index in [-0.39, 0.29) is 11.9 Å². The van der Waals surface area contributed by atoms with E-state index in [9.17, 15) is 4.39 Å². The van der Waals surface area contributed by atoms with Gasteiger partial charge in [0.15, 0.2) is 0 Å². The smallest absolute Gasteiger partial charge is 0.131 e. The predicted molar refractivity (Wildman–Crippen MR) is 72.9 cm³/mol. The van der Waals surface area contributed by atoms with Crippen LogP contribution in [0.5, 0.6) is 5.75 Å². The number of rotatable bonds is 5. The molecule has 1 heterocycles. The fraction of sp³-hybridized carbons (Fsp3) is 0.600. The van der Waals surface area contributed by atoms with Crippen molar-refractivity contribution in [3.05, 3.63) is 29.6 Å². The lowest BCUT2D eigenvalue weighted by Crippen LogP contribution is -2.36. The van der Waals surface area contributed by atoms with E-state index in [0.717, 1.165) is 19.6 Å². The molecule has 3 atom stereocenters. The topological polar surface area (TPSA) is 30.5 Å². The number of benzene rings is 1. The molecule has 1 aliphatic heterocycles. The molecule has 0 radical (unpaired) electrons. The maximum absolute atomic E-state index is 14.0. The Hall–Kier alpha value is -1.13. The van der Waals surface area contributed by atoms with Crippen LogP contribution in [0.3, 0.4) is 0 Å². The molecule has 4 heteroatoms. The summed E-state index contributed by atoms with van der Waals surface area (Å²) in [5.74, 6) is 0.865. The summed E-state index contributed by atoms with van der Waals surface area (Å²) in [7, 11) is 1.57. The second kappa shape index (κ2) is 6.35. The van der Waals surface area contributed by atoms with E-state index in [1.54, 1.807) is 19.2 Å². The Morgan fingerprint density at radius 2 is 2.21 bits per heavy atom. The first-order chi connectivity index (χ1) is 9.13. The van der Waals surface area contributed by atoms with Crippen LogP contribution in [0.4, 0.5) is 4.39 Å². The van der Waals surface area contributed by atoms with Crippen molar-refractivity contribution in [3.63, 3.8) is 0 Å². The maximum Gasteiger partial charge on any atom is 0.131 e. The van der Waals surface area contributed by atoms with Crippen LogP contribution in [0.15, 0.2) is 18.2 Å². The van der Waals surface area contributed by atoms with Gasteiger partial charge in [-0.2, -0.15) is 0 Å². The third-order valence-corrected chi connectivity index (χ3v) is 3.85. The van der Waals surface area contributed by atoms with Crippen molar-refractivity contribution in [1.82, 2.24) is 5.32 Å². The molecule has 106 valence electrons. The first kappa shape index (κ1) is 14.3. The van der Waals surface area contributed by atoms with Gasteiger partial charge in [0.2, 0.25) is 0 Å². The zero-order chi connectivity index (χ0) is 13.8. The summed E-state index contributed by atoms with van der Waals surface area (Å²) in [6, 6.07) is 5.13. The van der Waals surface area contributed by atoms with Crippen molar-refractivity contribution in [2.75, 3.05) is 20.3 Å². The molecule has 1 saturated heterocycles. The average molecular weight is 267 g/mol. The SMILES string of the molecule is COc1cccc(F)c1C(C)NC(C)C1CCOC1. The minimum Gasteiger partial charge on any atom is -0.496 e. The van der Waals surface area contributed by atoms with E-state index in [1.165, 1.54) is 6.07 Å². The minimum absolute atomic E-state index is 0.0910. The van der Waals surface area contributed by atoms with E-state index in [0.29, 0.717) is 23.3 Å². The summed E-state index contributed by atoms with van der Waals surface area (Å²) < 4.78 is 24.6. The number of ether oxygens (including phenoxy) is 2. The molecule has 3 nitrogen and oxygen atoms in total. The molecule has 1 fully saturated rings. The highest BCUT2D eigenvalue weighted by atomic mass is 19.1. The molecule has 0 aliphatic carbocycles. The molecule has 1 N–H and O–H groups in total. The number of halogens is 1. The summed E-state index contributed by atoms with van der Waals surface area (Å²) in [6.45, 7) is 5.71. The van der Waals surface area contributed by atoms with Crippen LogP contribution in [-0.4, -0.2) is 26.4 Å². The van der Waals surface area contributed by atoms with Crippen molar-refractivity contribution in [3.8, 4) is 5.75 Å². The van der Waals surface area contributed by atoms with Crippen LogP contribution in [-0.2, 0) is 4.74 Å². The van der Waals surface area contributed by atoms with E-state index < -0.39 is 0 Å². The highest BCUT2D eigenvalue weighted by Crippen LogP contribution is 2.29. The van der Waals surface area contributed by atoms with Gasteiger partial charge in [-0.3, -0.25) is 0 Å². The first-order valence-electron chi connectivity index (χ1n) is 6.79. The number of hydrogen-bond acceptors (Lipinski definition) is 3. The molecule has 3 unspecified atom stereocenters. The number of methoxy groups -OCH3 is 1. The van der Waals surface area contributed by atoms with Gasteiger partial charge >= 0.3 is 0 Å². The van der Waals surface area contributed by atoms with Gasteiger partial charge in [-0.1, -0.05) is 6.07 Å². The number of nitrogens with one attached hydrogen (secondary N) is 1. The third kappa shape index (κ3) is 3.25. The fourth-order valence-electron chi connectivity index (χ4n) is 2.68. The van der Waals surface area contributed by atoms with Gasteiger partial charge in [-0.25, -0.2) is 4.39 Å². The Morgan fingerprint density at radius 3 is 2.84 bits per heavy atom. The van der Waals surface area contributed by atoms with Gasteiger partial charge in [0, 0.05) is 24.3 Å². The van der Waals surface area contributed by atoms with E-state index in [1.807, 2.05) is 6.92 Å². The molecule has 0 spiro atoms.